The van der Waals surface area contributed by atoms with Gasteiger partial charge in [0.15, 0.2) is 0 Å². The fraction of sp³-hybridized carbons (Fsp3) is 0.278. The lowest BCUT2D eigenvalue weighted by Crippen LogP contribution is -2.30. The molecule has 4 N–H and O–H groups in total. The molecule has 7 nitrogen and oxygen atoms in total. The molecule has 0 radical (unpaired) electrons. The zero-order chi connectivity index (χ0) is 20.8. The summed E-state index contributed by atoms with van der Waals surface area (Å²) in [5.41, 5.74) is 3.06. The van der Waals surface area contributed by atoms with Crippen molar-refractivity contribution in [3.63, 3.8) is 0 Å². The monoisotopic (exact) mass is 411 g/mol. The van der Waals surface area contributed by atoms with Gasteiger partial charge in [0.1, 0.15) is 5.02 Å². The summed E-state index contributed by atoms with van der Waals surface area (Å²) in [7, 11) is 0. The zero-order valence-corrected chi connectivity index (χ0v) is 16.2. The second kappa shape index (κ2) is 9.32. The number of hydrogen-bond donors (Lipinski definition) is 4. The lowest BCUT2D eigenvalue weighted by Gasteiger charge is -2.16. The third kappa shape index (κ3) is 5.53. The maximum absolute atomic E-state index is 12.3. The molecular formula is C18H20ClF2N5O2. The quantitative estimate of drug-likeness (QED) is 0.491. The number of carbonyl (C=O) groups excluding carboxylic acids is 1. The smallest absolute Gasteiger partial charge is 0.388 e. The highest BCUT2D eigenvalue weighted by molar-refractivity contribution is 6.32. The van der Waals surface area contributed by atoms with E-state index in [1.165, 1.54) is 6.07 Å². The first-order chi connectivity index (χ1) is 13.2. The average Bonchev–Trinajstić information content (AvgIpc) is 3.01. The number of ether oxygens (including phenoxy) is 1. The average molecular weight is 412 g/mol. The van der Waals surface area contributed by atoms with E-state index in [1.54, 1.807) is 0 Å². The van der Waals surface area contributed by atoms with Crippen LogP contribution in [0.5, 0.6) is 5.88 Å². The third-order valence-electron chi connectivity index (χ3n) is 3.64. The van der Waals surface area contributed by atoms with E-state index >= 15 is 0 Å². The minimum Gasteiger partial charge on any atom is -0.415 e. The van der Waals surface area contributed by atoms with E-state index in [0.29, 0.717) is 5.70 Å². The van der Waals surface area contributed by atoms with Crippen LogP contribution >= 0.6 is 11.6 Å². The molecule has 0 aliphatic heterocycles. The predicted octanol–water partition coefficient (Wildman–Crippen LogP) is 4.81. The van der Waals surface area contributed by atoms with E-state index in [0.717, 1.165) is 29.2 Å². The van der Waals surface area contributed by atoms with Crippen LogP contribution in [0.4, 0.5) is 19.3 Å². The van der Waals surface area contributed by atoms with E-state index in [-0.39, 0.29) is 16.6 Å². The Balaban J connectivity index is 2.19. The number of nitrogens with zero attached hydrogens (tertiary/aromatic N) is 1. The van der Waals surface area contributed by atoms with Crippen molar-refractivity contribution in [1.82, 2.24) is 15.3 Å². The highest BCUT2D eigenvalue weighted by Gasteiger charge is 2.16. The van der Waals surface area contributed by atoms with Crippen molar-refractivity contribution >= 4 is 35.1 Å². The lowest BCUT2D eigenvalue weighted by molar-refractivity contribution is -0.0527. The number of aromatic amines is 1. The first-order valence-corrected chi connectivity index (χ1v) is 8.67. The number of carbonyl (C=O) groups is 1. The summed E-state index contributed by atoms with van der Waals surface area (Å²) in [6.45, 7) is 2.76. The second-order valence-electron chi connectivity index (χ2n) is 6.19. The Kier molecular flexibility index (Phi) is 7.11. The molecule has 0 atom stereocenters. The van der Waals surface area contributed by atoms with Gasteiger partial charge >= 0.3 is 12.6 Å². The number of amides is 2. The fourth-order valence-electron chi connectivity index (χ4n) is 2.56. The van der Waals surface area contributed by atoms with Crippen LogP contribution in [0.1, 0.15) is 25.1 Å². The summed E-state index contributed by atoms with van der Waals surface area (Å²) >= 11 is 5.82. The van der Waals surface area contributed by atoms with E-state index in [2.05, 4.69) is 25.3 Å². The maximum Gasteiger partial charge on any atom is 0.388 e. The number of alkyl halides is 2. The molecule has 0 fully saturated rings. The van der Waals surface area contributed by atoms with Gasteiger partial charge in [-0.2, -0.15) is 8.78 Å². The van der Waals surface area contributed by atoms with Gasteiger partial charge < -0.3 is 25.8 Å². The highest BCUT2D eigenvalue weighted by Crippen LogP contribution is 2.27. The molecule has 2 rings (SSSR count). The van der Waals surface area contributed by atoms with Gasteiger partial charge in [-0.15, -0.1) is 0 Å². The van der Waals surface area contributed by atoms with E-state index in [1.807, 2.05) is 33.0 Å². The number of hydrogen-bond acceptors (Lipinski definition) is 4. The molecule has 2 amide bonds. The van der Waals surface area contributed by atoms with Gasteiger partial charge in [-0.1, -0.05) is 25.4 Å². The Morgan fingerprint density at radius 3 is 2.61 bits per heavy atom. The van der Waals surface area contributed by atoms with Gasteiger partial charge in [0, 0.05) is 23.7 Å². The first-order valence-electron chi connectivity index (χ1n) is 8.29. The second-order valence-corrected chi connectivity index (χ2v) is 6.59. The number of aromatic nitrogens is 2. The molecule has 0 aliphatic carbocycles. The number of anilines is 1. The number of rotatable bonds is 7. The van der Waals surface area contributed by atoms with Gasteiger partial charge in [0.2, 0.25) is 5.88 Å². The van der Waals surface area contributed by atoms with Crippen LogP contribution in [0, 0.1) is 18.3 Å². The van der Waals surface area contributed by atoms with Crippen molar-refractivity contribution in [3.05, 3.63) is 46.5 Å². The molecule has 0 aromatic carbocycles. The number of allylic oxidation sites excluding steroid dienone is 2. The molecule has 2 heterocycles. The summed E-state index contributed by atoms with van der Waals surface area (Å²) in [6.07, 6.45) is 4.01. The van der Waals surface area contributed by atoms with Crippen LogP contribution in [0.3, 0.4) is 0 Å². The molecule has 0 spiro atoms. The number of urea groups is 1. The van der Waals surface area contributed by atoms with Crippen LogP contribution in [0.15, 0.2) is 30.2 Å². The van der Waals surface area contributed by atoms with Crippen LogP contribution in [-0.2, 0) is 0 Å². The summed E-state index contributed by atoms with van der Waals surface area (Å²) < 4.78 is 28.6. The van der Waals surface area contributed by atoms with Crippen molar-refractivity contribution in [2.24, 2.45) is 5.92 Å². The van der Waals surface area contributed by atoms with Gasteiger partial charge in [-0.3, -0.25) is 0 Å². The maximum atomic E-state index is 12.3. The molecule has 0 saturated carbocycles. The molecule has 2 aromatic rings. The Morgan fingerprint density at radius 2 is 2.11 bits per heavy atom. The standard InChI is InChI=1S/C18H20ClF2N5O2/c1-9(2)15(13-4-10(3)7-23-13)14(6-22)26-18(27)25-11-5-12(19)16(24-8-11)28-17(20)21/h4-9,17,22-23H,1-3H3,(H2,25,26,27)/b15-14+,22-6?. The van der Waals surface area contributed by atoms with Crippen LogP contribution < -0.4 is 15.4 Å². The number of halogens is 3. The van der Waals surface area contributed by atoms with Gasteiger partial charge in [0.05, 0.1) is 17.6 Å². The number of nitrogens with one attached hydrogen (secondary N) is 4. The van der Waals surface area contributed by atoms with Gasteiger partial charge in [-0.25, -0.2) is 9.78 Å². The SMILES string of the molecule is Cc1c[nH]c(/C(=C(\C=N)NC(=O)Nc2cnc(OC(F)F)c(Cl)c2)C(C)C)c1. The Labute approximate surface area is 165 Å². The lowest BCUT2D eigenvalue weighted by atomic mass is 9.97. The minimum absolute atomic E-state index is 0.0249. The Bertz CT molecular complexity index is 896. The third-order valence-corrected chi connectivity index (χ3v) is 3.91. The molecule has 28 heavy (non-hydrogen) atoms. The molecule has 150 valence electrons. The van der Waals surface area contributed by atoms with E-state index in [9.17, 15) is 13.6 Å². The molecule has 0 aliphatic rings. The van der Waals surface area contributed by atoms with Crippen molar-refractivity contribution < 1.29 is 18.3 Å². The zero-order valence-electron chi connectivity index (χ0n) is 15.4. The molecule has 2 aromatic heterocycles. The Hall–Kier alpha value is -2.94. The number of pyridine rings is 1. The van der Waals surface area contributed by atoms with Crippen molar-refractivity contribution in [3.8, 4) is 5.88 Å². The van der Waals surface area contributed by atoms with Gasteiger partial charge in [0.25, 0.3) is 0 Å². The summed E-state index contributed by atoms with van der Waals surface area (Å²) in [6, 6.07) is 2.52. The van der Waals surface area contributed by atoms with E-state index in [4.69, 9.17) is 17.0 Å². The summed E-state index contributed by atoms with van der Waals surface area (Å²) in [5.74, 6) is -0.413. The number of aryl methyl sites for hydroxylation is 1. The fourth-order valence-corrected chi connectivity index (χ4v) is 2.77. The number of H-pyrrole nitrogens is 1. The molecule has 10 heteroatoms. The molecule has 0 saturated heterocycles. The van der Waals surface area contributed by atoms with Crippen LogP contribution in [0.2, 0.25) is 5.02 Å². The topological polar surface area (TPSA) is 103 Å². The predicted molar refractivity (Wildman–Crippen MR) is 104 cm³/mol. The van der Waals surface area contributed by atoms with E-state index < -0.39 is 18.5 Å². The van der Waals surface area contributed by atoms with Crippen molar-refractivity contribution in [1.29, 1.82) is 5.41 Å². The summed E-state index contributed by atoms with van der Waals surface area (Å²) in [4.78, 5) is 19.1. The molecule has 0 bridgehead atoms. The van der Waals surface area contributed by atoms with Crippen LogP contribution in [0.25, 0.3) is 5.57 Å². The van der Waals surface area contributed by atoms with Gasteiger partial charge in [-0.05, 0) is 30.5 Å². The van der Waals surface area contributed by atoms with Crippen molar-refractivity contribution in [2.45, 2.75) is 27.4 Å². The first kappa shape index (κ1) is 21.4. The minimum atomic E-state index is -3.06. The summed E-state index contributed by atoms with van der Waals surface area (Å²) in [5, 5.41) is 12.6. The highest BCUT2D eigenvalue weighted by atomic mass is 35.5. The van der Waals surface area contributed by atoms with Crippen LogP contribution in [-0.4, -0.2) is 28.8 Å². The molecular weight excluding hydrogens is 392 g/mol. The Morgan fingerprint density at radius 1 is 1.39 bits per heavy atom. The largest absolute Gasteiger partial charge is 0.415 e. The van der Waals surface area contributed by atoms with Crippen molar-refractivity contribution in [2.75, 3.05) is 5.32 Å². The molecule has 0 unspecified atom stereocenters. The normalized spacial score (nSPS) is 12.0.